The predicted molar refractivity (Wildman–Crippen MR) is 116 cm³/mol. The van der Waals surface area contributed by atoms with Crippen molar-refractivity contribution >= 4 is 27.6 Å². The van der Waals surface area contributed by atoms with E-state index in [0.717, 1.165) is 18.4 Å². The van der Waals surface area contributed by atoms with Crippen molar-refractivity contribution in [1.82, 2.24) is 0 Å². The number of carbonyl (C=O) groups is 1. The van der Waals surface area contributed by atoms with Crippen LogP contribution in [0.5, 0.6) is 11.5 Å². The fourth-order valence-electron chi connectivity index (χ4n) is 2.46. The summed E-state index contributed by atoms with van der Waals surface area (Å²) < 4.78 is 36.7. The number of methoxy groups -OCH3 is 1. The van der Waals surface area contributed by atoms with Crippen molar-refractivity contribution < 1.29 is 22.7 Å². The molecular formula is C22H27NO5S. The molecule has 7 heteroatoms. The molecule has 0 aliphatic rings. The van der Waals surface area contributed by atoms with Gasteiger partial charge >= 0.3 is 0 Å². The van der Waals surface area contributed by atoms with Crippen LogP contribution in [0.3, 0.4) is 0 Å². The Balaban J connectivity index is 2.06. The minimum atomic E-state index is -3.34. The van der Waals surface area contributed by atoms with E-state index in [1.807, 2.05) is 18.2 Å². The Labute approximate surface area is 172 Å². The van der Waals surface area contributed by atoms with Crippen LogP contribution in [0.4, 0.5) is 5.69 Å². The Bertz CT molecular complexity index is 950. The topological polar surface area (TPSA) is 81.7 Å². The molecule has 156 valence electrons. The van der Waals surface area contributed by atoms with Crippen LogP contribution < -0.4 is 14.2 Å². The third-order valence-corrected chi connectivity index (χ3v) is 5.50. The number of ketones is 1. The molecule has 2 aromatic rings. The lowest BCUT2D eigenvalue weighted by molar-refractivity contribution is 0.104. The standard InChI is InChI=1S/C22H27NO5S/c1-4-6-15-28-21-14-8-17(16-22(21)27-3)7-13-20(24)18-9-11-19(12-10-18)23-29(25,26)5-2/h7-14,16,23H,4-6,15H2,1-3H3/b13-7+. The molecule has 0 aromatic heterocycles. The van der Waals surface area contributed by atoms with Gasteiger partial charge < -0.3 is 9.47 Å². The number of hydrogen-bond acceptors (Lipinski definition) is 5. The number of sulfonamides is 1. The summed E-state index contributed by atoms with van der Waals surface area (Å²) in [7, 11) is -1.76. The van der Waals surface area contributed by atoms with Crippen molar-refractivity contribution in [3.05, 3.63) is 59.7 Å². The number of nitrogens with one attached hydrogen (secondary N) is 1. The highest BCUT2D eigenvalue weighted by Gasteiger charge is 2.08. The monoisotopic (exact) mass is 417 g/mol. The average molecular weight is 418 g/mol. The number of unbranched alkanes of at least 4 members (excludes halogenated alkanes) is 1. The lowest BCUT2D eigenvalue weighted by Crippen LogP contribution is -2.14. The minimum Gasteiger partial charge on any atom is -0.493 e. The molecule has 0 spiro atoms. The maximum absolute atomic E-state index is 12.4. The van der Waals surface area contributed by atoms with Crippen LogP contribution >= 0.6 is 0 Å². The average Bonchev–Trinajstić information content (AvgIpc) is 2.73. The molecule has 0 radical (unpaired) electrons. The molecule has 0 atom stereocenters. The van der Waals surface area contributed by atoms with Gasteiger partial charge in [0.25, 0.3) is 0 Å². The second-order valence-electron chi connectivity index (χ2n) is 6.39. The van der Waals surface area contributed by atoms with Gasteiger partial charge in [0, 0.05) is 11.3 Å². The van der Waals surface area contributed by atoms with Crippen LogP contribution in [0.2, 0.25) is 0 Å². The van der Waals surface area contributed by atoms with Crippen molar-refractivity contribution in [1.29, 1.82) is 0 Å². The van der Waals surface area contributed by atoms with Gasteiger partial charge in [-0.15, -0.1) is 0 Å². The normalized spacial score (nSPS) is 11.4. The zero-order valence-electron chi connectivity index (χ0n) is 17.0. The summed E-state index contributed by atoms with van der Waals surface area (Å²) in [6, 6.07) is 11.8. The third kappa shape index (κ3) is 6.94. The zero-order valence-corrected chi connectivity index (χ0v) is 17.8. The Morgan fingerprint density at radius 3 is 2.41 bits per heavy atom. The van der Waals surface area contributed by atoms with Crippen molar-refractivity contribution in [3.63, 3.8) is 0 Å². The maximum Gasteiger partial charge on any atom is 0.232 e. The first kappa shape index (κ1) is 22.5. The summed E-state index contributed by atoms with van der Waals surface area (Å²) in [5.74, 6) is 1.09. The van der Waals surface area contributed by atoms with E-state index in [1.165, 1.54) is 6.08 Å². The number of carbonyl (C=O) groups excluding carboxylic acids is 1. The predicted octanol–water partition coefficient (Wildman–Crippen LogP) is 4.53. The molecule has 0 bridgehead atoms. The Morgan fingerprint density at radius 1 is 1.07 bits per heavy atom. The highest BCUT2D eigenvalue weighted by atomic mass is 32.2. The number of benzene rings is 2. The van der Waals surface area contributed by atoms with E-state index in [1.54, 1.807) is 44.4 Å². The maximum atomic E-state index is 12.4. The van der Waals surface area contributed by atoms with Crippen LogP contribution in [0.25, 0.3) is 6.08 Å². The van der Waals surface area contributed by atoms with Gasteiger partial charge in [-0.3, -0.25) is 9.52 Å². The molecule has 0 aliphatic carbocycles. The van der Waals surface area contributed by atoms with E-state index in [-0.39, 0.29) is 11.5 Å². The van der Waals surface area contributed by atoms with Crippen LogP contribution in [0.1, 0.15) is 42.6 Å². The molecule has 0 fully saturated rings. The highest BCUT2D eigenvalue weighted by Crippen LogP contribution is 2.28. The van der Waals surface area contributed by atoms with Crippen LogP contribution in [0.15, 0.2) is 48.5 Å². The quantitative estimate of drug-likeness (QED) is 0.330. The molecule has 0 amide bonds. The summed E-state index contributed by atoms with van der Waals surface area (Å²) in [5, 5.41) is 0. The lowest BCUT2D eigenvalue weighted by Gasteiger charge is -2.10. The van der Waals surface area contributed by atoms with Gasteiger partial charge in [-0.2, -0.15) is 0 Å². The molecule has 6 nitrogen and oxygen atoms in total. The van der Waals surface area contributed by atoms with Crippen molar-refractivity contribution in [2.75, 3.05) is 24.2 Å². The van der Waals surface area contributed by atoms with Gasteiger partial charge in [0.05, 0.1) is 19.5 Å². The summed E-state index contributed by atoms with van der Waals surface area (Å²) in [4.78, 5) is 12.4. The Morgan fingerprint density at radius 2 is 1.79 bits per heavy atom. The number of rotatable bonds is 11. The minimum absolute atomic E-state index is 0.0116. The number of anilines is 1. The van der Waals surface area contributed by atoms with Crippen molar-refractivity contribution in [3.8, 4) is 11.5 Å². The van der Waals surface area contributed by atoms with Crippen LogP contribution in [-0.2, 0) is 10.0 Å². The largest absolute Gasteiger partial charge is 0.493 e. The van der Waals surface area contributed by atoms with E-state index < -0.39 is 10.0 Å². The first-order chi connectivity index (χ1) is 13.9. The van der Waals surface area contributed by atoms with Crippen LogP contribution in [-0.4, -0.2) is 33.7 Å². The zero-order chi connectivity index (χ0) is 21.3. The van der Waals surface area contributed by atoms with Gasteiger partial charge in [0.1, 0.15) is 0 Å². The van der Waals surface area contributed by atoms with E-state index in [4.69, 9.17) is 9.47 Å². The second kappa shape index (κ2) is 10.7. The molecule has 1 N–H and O–H groups in total. The molecule has 0 saturated heterocycles. The molecule has 29 heavy (non-hydrogen) atoms. The summed E-state index contributed by atoms with van der Waals surface area (Å²) in [6.45, 7) is 4.29. The molecular weight excluding hydrogens is 390 g/mol. The van der Waals surface area contributed by atoms with E-state index >= 15 is 0 Å². The van der Waals surface area contributed by atoms with Gasteiger partial charge in [-0.05, 0) is 61.4 Å². The molecule has 0 aliphatic heterocycles. The molecule has 2 rings (SSSR count). The first-order valence-electron chi connectivity index (χ1n) is 9.52. The number of hydrogen-bond donors (Lipinski definition) is 1. The highest BCUT2D eigenvalue weighted by molar-refractivity contribution is 7.92. The Hall–Kier alpha value is -2.80. The van der Waals surface area contributed by atoms with Crippen molar-refractivity contribution in [2.45, 2.75) is 26.7 Å². The SMILES string of the molecule is CCCCOc1ccc(/C=C/C(=O)c2ccc(NS(=O)(=O)CC)cc2)cc1OC. The molecule has 2 aromatic carbocycles. The number of ether oxygens (including phenoxy) is 2. The molecule has 0 heterocycles. The van der Waals surface area contributed by atoms with Crippen LogP contribution in [0, 0.1) is 0 Å². The smallest absolute Gasteiger partial charge is 0.232 e. The number of allylic oxidation sites excluding steroid dienone is 1. The van der Waals surface area contributed by atoms with Gasteiger partial charge in [0.15, 0.2) is 17.3 Å². The summed E-state index contributed by atoms with van der Waals surface area (Å²) in [6.07, 6.45) is 5.20. The van der Waals surface area contributed by atoms with Crippen molar-refractivity contribution in [2.24, 2.45) is 0 Å². The van der Waals surface area contributed by atoms with Gasteiger partial charge in [-0.1, -0.05) is 25.5 Å². The summed E-state index contributed by atoms with van der Waals surface area (Å²) in [5.41, 5.74) is 1.70. The first-order valence-corrected chi connectivity index (χ1v) is 11.2. The molecule has 0 unspecified atom stereocenters. The molecule has 0 saturated carbocycles. The lowest BCUT2D eigenvalue weighted by atomic mass is 10.1. The van der Waals surface area contributed by atoms with E-state index in [0.29, 0.717) is 29.4 Å². The fraction of sp³-hybridized carbons (Fsp3) is 0.318. The van der Waals surface area contributed by atoms with E-state index in [2.05, 4.69) is 11.6 Å². The van der Waals surface area contributed by atoms with Gasteiger partial charge in [-0.25, -0.2) is 8.42 Å². The second-order valence-corrected chi connectivity index (χ2v) is 8.40. The third-order valence-electron chi connectivity index (χ3n) is 4.19. The van der Waals surface area contributed by atoms with E-state index in [9.17, 15) is 13.2 Å². The summed E-state index contributed by atoms with van der Waals surface area (Å²) >= 11 is 0. The Kier molecular flexibility index (Phi) is 8.27. The fourth-order valence-corrected chi connectivity index (χ4v) is 3.10. The van der Waals surface area contributed by atoms with Gasteiger partial charge in [0.2, 0.25) is 10.0 Å².